The third-order valence-electron chi connectivity index (χ3n) is 3.80. The molecule has 0 aromatic carbocycles. The van der Waals surface area contributed by atoms with Crippen LogP contribution in [0.1, 0.15) is 50.6 Å². The van der Waals surface area contributed by atoms with Crippen LogP contribution in [0.3, 0.4) is 0 Å². The van der Waals surface area contributed by atoms with Crippen LogP contribution in [-0.4, -0.2) is 22.9 Å². The van der Waals surface area contributed by atoms with Gasteiger partial charge < -0.3 is 5.32 Å². The van der Waals surface area contributed by atoms with Gasteiger partial charge in [0.1, 0.15) is 0 Å². The molecule has 1 aromatic heterocycles. The lowest BCUT2D eigenvalue weighted by molar-refractivity contribution is 0.450. The van der Waals surface area contributed by atoms with Crippen LogP contribution in [0.15, 0.2) is 12.3 Å². The smallest absolute Gasteiger partial charge is 0.0492 e. The summed E-state index contributed by atoms with van der Waals surface area (Å²) in [5, 5.41) is 7.83. The summed E-state index contributed by atoms with van der Waals surface area (Å²) in [5.74, 6) is 0.697. The zero-order valence-corrected chi connectivity index (χ0v) is 10.4. The van der Waals surface area contributed by atoms with Crippen LogP contribution in [0, 0.1) is 0 Å². The number of hydrogen-bond acceptors (Lipinski definition) is 2. The molecule has 16 heavy (non-hydrogen) atoms. The normalized spacial score (nSPS) is 26.6. The van der Waals surface area contributed by atoms with E-state index < -0.39 is 0 Å². The Morgan fingerprint density at radius 1 is 1.44 bits per heavy atom. The molecule has 90 valence electrons. The van der Waals surface area contributed by atoms with Gasteiger partial charge in [0.2, 0.25) is 0 Å². The van der Waals surface area contributed by atoms with Gasteiger partial charge in [0, 0.05) is 30.4 Å². The second kappa shape index (κ2) is 5.48. The fraction of sp³-hybridized carbons (Fsp3) is 0.769. The van der Waals surface area contributed by atoms with Gasteiger partial charge in [0.05, 0.1) is 0 Å². The molecular weight excluding hydrogens is 198 g/mol. The lowest BCUT2D eigenvalue weighted by atomic mass is 9.94. The summed E-state index contributed by atoms with van der Waals surface area (Å²) in [4.78, 5) is 0. The van der Waals surface area contributed by atoms with Gasteiger partial charge in [0.25, 0.3) is 0 Å². The molecule has 1 saturated carbocycles. The number of aromatic nitrogens is 2. The van der Waals surface area contributed by atoms with E-state index in [4.69, 9.17) is 0 Å². The largest absolute Gasteiger partial charge is 0.317 e. The predicted molar refractivity (Wildman–Crippen MR) is 66.6 cm³/mol. The van der Waals surface area contributed by atoms with Gasteiger partial charge >= 0.3 is 0 Å². The van der Waals surface area contributed by atoms with Crippen molar-refractivity contribution in [2.45, 2.75) is 57.5 Å². The molecule has 2 rings (SSSR count). The van der Waals surface area contributed by atoms with Crippen molar-refractivity contribution < 1.29 is 0 Å². The van der Waals surface area contributed by atoms with E-state index in [2.05, 4.69) is 35.1 Å². The Balaban J connectivity index is 2.12. The van der Waals surface area contributed by atoms with Crippen molar-refractivity contribution in [2.75, 3.05) is 7.05 Å². The van der Waals surface area contributed by atoms with Crippen LogP contribution >= 0.6 is 0 Å². The summed E-state index contributed by atoms with van der Waals surface area (Å²) in [6.45, 7) is 3.16. The summed E-state index contributed by atoms with van der Waals surface area (Å²) in [6.07, 6.45) is 8.58. The first-order valence-corrected chi connectivity index (χ1v) is 6.54. The molecule has 0 amide bonds. The van der Waals surface area contributed by atoms with Crippen molar-refractivity contribution >= 4 is 0 Å². The molecule has 1 heterocycles. The highest BCUT2D eigenvalue weighted by atomic mass is 15.3. The summed E-state index contributed by atoms with van der Waals surface area (Å²) in [7, 11) is 2.09. The van der Waals surface area contributed by atoms with Crippen LogP contribution in [0.4, 0.5) is 0 Å². The van der Waals surface area contributed by atoms with Crippen molar-refractivity contribution in [3.05, 3.63) is 18.0 Å². The maximum absolute atomic E-state index is 4.39. The highest BCUT2D eigenvalue weighted by molar-refractivity contribution is 5.09. The van der Waals surface area contributed by atoms with Gasteiger partial charge in [-0.05, 0) is 39.3 Å². The number of nitrogens with one attached hydrogen (secondary N) is 1. The Kier molecular flexibility index (Phi) is 3.99. The number of rotatable bonds is 3. The van der Waals surface area contributed by atoms with E-state index in [1.165, 1.54) is 37.8 Å². The zero-order valence-electron chi connectivity index (χ0n) is 10.4. The second-order valence-electron chi connectivity index (χ2n) is 4.77. The molecule has 1 aliphatic rings. The maximum Gasteiger partial charge on any atom is 0.0492 e. The molecule has 0 spiro atoms. The molecule has 3 heteroatoms. The van der Waals surface area contributed by atoms with Crippen molar-refractivity contribution in [1.82, 2.24) is 15.1 Å². The zero-order chi connectivity index (χ0) is 11.4. The van der Waals surface area contributed by atoms with Gasteiger partial charge in [-0.2, -0.15) is 5.10 Å². The van der Waals surface area contributed by atoms with Crippen LogP contribution in [0.2, 0.25) is 0 Å². The minimum atomic E-state index is 0.688. The molecule has 0 aliphatic heterocycles. The highest BCUT2D eigenvalue weighted by Gasteiger charge is 2.22. The Hall–Kier alpha value is -0.830. The summed E-state index contributed by atoms with van der Waals surface area (Å²) < 4.78 is 2.16. The van der Waals surface area contributed by atoms with E-state index in [1.54, 1.807) is 0 Å². The Morgan fingerprint density at radius 3 is 3.00 bits per heavy atom. The maximum atomic E-state index is 4.39. The fourth-order valence-corrected chi connectivity index (χ4v) is 2.85. The first kappa shape index (κ1) is 11.6. The quantitative estimate of drug-likeness (QED) is 0.795. The Bertz CT molecular complexity index is 319. The highest BCUT2D eigenvalue weighted by Crippen LogP contribution is 2.31. The van der Waals surface area contributed by atoms with Crippen molar-refractivity contribution in [3.8, 4) is 0 Å². The van der Waals surface area contributed by atoms with Crippen molar-refractivity contribution in [1.29, 1.82) is 0 Å². The first-order valence-electron chi connectivity index (χ1n) is 6.54. The lowest BCUT2D eigenvalue weighted by Gasteiger charge is -2.20. The molecule has 2 atom stereocenters. The topological polar surface area (TPSA) is 29.9 Å². The lowest BCUT2D eigenvalue weighted by Crippen LogP contribution is -2.26. The minimum absolute atomic E-state index is 0.688. The standard InChI is InChI=1S/C13H23N3/c1-3-16-13(8-9-15-16)11-6-4-5-7-12(10-11)14-2/h8-9,11-12,14H,3-7,10H2,1-2H3. The Labute approximate surface area is 98.2 Å². The van der Waals surface area contributed by atoms with Gasteiger partial charge in [0.15, 0.2) is 0 Å². The van der Waals surface area contributed by atoms with Crippen LogP contribution in [0.25, 0.3) is 0 Å². The van der Waals surface area contributed by atoms with Gasteiger partial charge in [-0.1, -0.05) is 12.8 Å². The van der Waals surface area contributed by atoms with Gasteiger partial charge in [-0.3, -0.25) is 4.68 Å². The van der Waals surface area contributed by atoms with Crippen LogP contribution in [-0.2, 0) is 6.54 Å². The summed E-state index contributed by atoms with van der Waals surface area (Å²) >= 11 is 0. The average Bonchev–Trinajstić information content (AvgIpc) is 2.66. The van der Waals surface area contributed by atoms with Crippen LogP contribution in [0.5, 0.6) is 0 Å². The van der Waals surface area contributed by atoms with Gasteiger partial charge in [-0.25, -0.2) is 0 Å². The molecule has 2 unspecified atom stereocenters. The molecular formula is C13H23N3. The number of hydrogen-bond donors (Lipinski definition) is 1. The average molecular weight is 221 g/mol. The van der Waals surface area contributed by atoms with E-state index in [0.29, 0.717) is 12.0 Å². The molecule has 1 N–H and O–H groups in total. The molecule has 0 bridgehead atoms. The SMILES string of the molecule is CCn1nccc1C1CCCCC(NC)C1. The van der Waals surface area contributed by atoms with Gasteiger partial charge in [-0.15, -0.1) is 0 Å². The van der Waals surface area contributed by atoms with E-state index >= 15 is 0 Å². The van der Waals surface area contributed by atoms with Crippen molar-refractivity contribution in [2.24, 2.45) is 0 Å². The van der Waals surface area contributed by atoms with E-state index in [9.17, 15) is 0 Å². The predicted octanol–water partition coefficient (Wildman–Crippen LogP) is 2.54. The fourth-order valence-electron chi connectivity index (χ4n) is 2.85. The molecule has 1 aliphatic carbocycles. The van der Waals surface area contributed by atoms with Crippen LogP contribution < -0.4 is 5.32 Å². The summed E-state index contributed by atoms with van der Waals surface area (Å²) in [6, 6.07) is 2.89. The second-order valence-corrected chi connectivity index (χ2v) is 4.77. The molecule has 0 radical (unpaired) electrons. The van der Waals surface area contributed by atoms with Crippen molar-refractivity contribution in [3.63, 3.8) is 0 Å². The Morgan fingerprint density at radius 2 is 2.25 bits per heavy atom. The third-order valence-corrected chi connectivity index (χ3v) is 3.80. The molecule has 0 saturated heterocycles. The molecule has 3 nitrogen and oxygen atoms in total. The number of nitrogens with zero attached hydrogens (tertiary/aromatic N) is 2. The minimum Gasteiger partial charge on any atom is -0.317 e. The van der Waals surface area contributed by atoms with E-state index in [0.717, 1.165) is 6.54 Å². The van der Waals surface area contributed by atoms with E-state index in [1.807, 2.05) is 6.20 Å². The van der Waals surface area contributed by atoms with E-state index in [-0.39, 0.29) is 0 Å². The number of aryl methyl sites for hydroxylation is 1. The summed E-state index contributed by atoms with van der Waals surface area (Å²) in [5.41, 5.74) is 1.43. The first-order chi connectivity index (χ1) is 7.85. The third kappa shape index (κ3) is 2.46. The monoisotopic (exact) mass is 221 g/mol. The molecule has 1 aromatic rings. The molecule has 1 fully saturated rings.